The zero-order valence-electron chi connectivity index (χ0n) is 19.3. The smallest absolute Gasteiger partial charge is 0.407 e. The van der Waals surface area contributed by atoms with Crippen LogP contribution < -0.4 is 5.32 Å². The van der Waals surface area contributed by atoms with Gasteiger partial charge in [-0.1, -0.05) is 48.5 Å². The molecule has 178 valence electrons. The first-order valence-corrected chi connectivity index (χ1v) is 12.1. The van der Waals surface area contributed by atoms with Crippen molar-refractivity contribution in [3.63, 3.8) is 0 Å². The van der Waals surface area contributed by atoms with Crippen LogP contribution in [-0.4, -0.2) is 52.7 Å². The summed E-state index contributed by atoms with van der Waals surface area (Å²) in [5.41, 5.74) is 4.63. The van der Waals surface area contributed by atoms with Crippen molar-refractivity contribution >= 4 is 18.0 Å². The van der Waals surface area contributed by atoms with Crippen LogP contribution in [0, 0.1) is 5.92 Å². The van der Waals surface area contributed by atoms with Gasteiger partial charge in [-0.3, -0.25) is 4.79 Å². The summed E-state index contributed by atoms with van der Waals surface area (Å²) in [5.74, 6) is -1.02. The molecule has 2 atom stereocenters. The molecule has 3 aliphatic carbocycles. The van der Waals surface area contributed by atoms with Crippen molar-refractivity contribution < 1.29 is 24.2 Å². The number of nitrogens with zero attached hydrogens (tertiary/aromatic N) is 1. The first kappa shape index (κ1) is 22.4. The summed E-state index contributed by atoms with van der Waals surface area (Å²) < 4.78 is 5.67. The fourth-order valence-corrected chi connectivity index (χ4v) is 5.13. The van der Waals surface area contributed by atoms with E-state index in [2.05, 4.69) is 29.6 Å². The van der Waals surface area contributed by atoms with E-state index in [9.17, 15) is 19.5 Å². The highest BCUT2D eigenvalue weighted by Crippen LogP contribution is 2.44. The van der Waals surface area contributed by atoms with E-state index in [-0.39, 0.29) is 42.9 Å². The molecule has 7 heteroatoms. The summed E-state index contributed by atoms with van der Waals surface area (Å²) in [6, 6.07) is 15.1. The molecule has 0 saturated heterocycles. The number of ether oxygens (including phenoxy) is 1. The Morgan fingerprint density at radius 2 is 1.59 bits per heavy atom. The lowest BCUT2D eigenvalue weighted by Crippen LogP contribution is -2.48. The molecule has 0 bridgehead atoms. The summed E-state index contributed by atoms with van der Waals surface area (Å²) in [5, 5.41) is 12.3. The summed E-state index contributed by atoms with van der Waals surface area (Å²) in [4.78, 5) is 38.7. The Kier molecular flexibility index (Phi) is 6.02. The molecule has 34 heavy (non-hydrogen) atoms. The van der Waals surface area contributed by atoms with Crippen molar-refractivity contribution in [1.82, 2.24) is 10.2 Å². The highest BCUT2D eigenvalue weighted by Gasteiger charge is 2.41. The van der Waals surface area contributed by atoms with Crippen molar-refractivity contribution in [2.45, 2.75) is 63.1 Å². The van der Waals surface area contributed by atoms with Crippen LogP contribution in [0.3, 0.4) is 0 Å². The Hall–Kier alpha value is -3.35. The Balaban J connectivity index is 1.22. The molecule has 0 aromatic heterocycles. The third-order valence-electron chi connectivity index (χ3n) is 7.24. The molecule has 0 spiro atoms. The highest BCUT2D eigenvalue weighted by molar-refractivity contribution is 5.85. The number of hydrogen-bond donors (Lipinski definition) is 2. The summed E-state index contributed by atoms with van der Waals surface area (Å²) in [6.45, 7) is 1.76. The van der Waals surface area contributed by atoms with Crippen molar-refractivity contribution in [3.8, 4) is 11.1 Å². The number of amides is 2. The number of benzene rings is 2. The summed E-state index contributed by atoms with van der Waals surface area (Å²) in [7, 11) is 0. The van der Waals surface area contributed by atoms with Crippen LogP contribution in [0.5, 0.6) is 0 Å². The number of aliphatic carboxylic acids is 1. The number of alkyl carbamates (subject to hydrolysis) is 1. The normalized spacial score (nSPS) is 18.4. The van der Waals surface area contributed by atoms with Gasteiger partial charge in [0.1, 0.15) is 12.6 Å². The van der Waals surface area contributed by atoms with E-state index >= 15 is 0 Å². The maximum absolute atomic E-state index is 13.0. The monoisotopic (exact) mass is 462 g/mol. The lowest BCUT2D eigenvalue weighted by atomic mass is 9.98. The third kappa shape index (κ3) is 4.52. The van der Waals surface area contributed by atoms with Crippen LogP contribution in [0.1, 0.15) is 56.1 Å². The number of carbonyl (C=O) groups excluding carboxylic acids is 2. The lowest BCUT2D eigenvalue weighted by molar-refractivity contribution is -0.150. The van der Waals surface area contributed by atoms with Crippen LogP contribution in [0.2, 0.25) is 0 Å². The average molecular weight is 463 g/mol. The van der Waals surface area contributed by atoms with E-state index in [1.165, 1.54) is 16.0 Å². The van der Waals surface area contributed by atoms with Gasteiger partial charge in [-0.25, -0.2) is 9.59 Å². The summed E-state index contributed by atoms with van der Waals surface area (Å²) in [6.07, 6.45) is 3.12. The second-order valence-electron chi connectivity index (χ2n) is 9.66. The van der Waals surface area contributed by atoms with Gasteiger partial charge in [0, 0.05) is 24.4 Å². The van der Waals surface area contributed by atoms with E-state index in [1.54, 1.807) is 6.92 Å². The largest absolute Gasteiger partial charge is 0.480 e. The molecule has 0 radical (unpaired) electrons. The molecule has 7 nitrogen and oxygen atoms in total. The number of carbonyl (C=O) groups is 3. The molecule has 2 saturated carbocycles. The maximum Gasteiger partial charge on any atom is 0.407 e. The van der Waals surface area contributed by atoms with Gasteiger partial charge in [0.2, 0.25) is 5.91 Å². The second-order valence-corrected chi connectivity index (χ2v) is 9.66. The molecular formula is C27H30N2O5. The van der Waals surface area contributed by atoms with Gasteiger partial charge >= 0.3 is 12.1 Å². The first-order chi connectivity index (χ1) is 16.4. The zero-order valence-corrected chi connectivity index (χ0v) is 19.3. The highest BCUT2D eigenvalue weighted by atomic mass is 16.5. The Morgan fingerprint density at radius 3 is 2.12 bits per heavy atom. The predicted molar refractivity (Wildman–Crippen MR) is 126 cm³/mol. The van der Waals surface area contributed by atoms with Crippen LogP contribution in [0.15, 0.2) is 48.5 Å². The minimum Gasteiger partial charge on any atom is -0.480 e. The number of carboxylic acids is 1. The van der Waals surface area contributed by atoms with Crippen LogP contribution in [0.4, 0.5) is 4.79 Å². The van der Waals surface area contributed by atoms with Gasteiger partial charge in [0.25, 0.3) is 0 Å². The number of nitrogens with one attached hydrogen (secondary N) is 1. The third-order valence-corrected chi connectivity index (χ3v) is 7.24. The predicted octanol–water partition coefficient (Wildman–Crippen LogP) is 4.16. The number of carboxylic acid groups (broad SMARTS) is 1. The van der Waals surface area contributed by atoms with Gasteiger partial charge in [0.05, 0.1) is 0 Å². The standard InChI is InChI=1S/C27H30N2O5/c1-16(26(31)32)29(18-12-13-18)25(30)14-24(17-10-11-17)28-27(33)34-15-23-21-8-4-2-6-19(21)20-7-3-5-9-22(20)23/h2-9,16-18,23-24H,10-15H2,1H3,(H,28,33)(H,31,32). The van der Waals surface area contributed by atoms with Gasteiger partial charge in [-0.05, 0) is 60.8 Å². The number of rotatable bonds is 9. The molecule has 3 aliphatic rings. The Morgan fingerprint density at radius 1 is 1.00 bits per heavy atom. The molecular weight excluding hydrogens is 432 g/mol. The lowest BCUT2D eigenvalue weighted by Gasteiger charge is -2.28. The van der Waals surface area contributed by atoms with Gasteiger partial charge in [-0.15, -0.1) is 0 Å². The van der Waals surface area contributed by atoms with Crippen molar-refractivity contribution in [1.29, 1.82) is 0 Å². The van der Waals surface area contributed by atoms with E-state index < -0.39 is 18.1 Å². The van der Waals surface area contributed by atoms with Crippen molar-refractivity contribution in [3.05, 3.63) is 59.7 Å². The maximum atomic E-state index is 13.0. The fourth-order valence-electron chi connectivity index (χ4n) is 5.13. The molecule has 5 rings (SSSR count). The van der Waals surface area contributed by atoms with E-state index in [4.69, 9.17) is 4.74 Å². The van der Waals surface area contributed by atoms with Gasteiger partial charge in [0.15, 0.2) is 0 Å². The van der Waals surface area contributed by atoms with Crippen LogP contribution in [0.25, 0.3) is 11.1 Å². The molecule has 2 aromatic rings. The number of fused-ring (bicyclic) bond motifs is 3. The Bertz CT molecular complexity index is 1060. The fraction of sp³-hybridized carbons (Fsp3) is 0.444. The molecule has 2 N–H and O–H groups in total. The van der Waals surface area contributed by atoms with Crippen LogP contribution >= 0.6 is 0 Å². The van der Waals surface area contributed by atoms with Crippen molar-refractivity contribution in [2.24, 2.45) is 5.92 Å². The molecule has 2 aromatic carbocycles. The van der Waals surface area contributed by atoms with E-state index in [1.807, 2.05) is 24.3 Å². The molecule has 0 aliphatic heterocycles. The second kappa shape index (κ2) is 9.12. The molecule has 0 heterocycles. The van der Waals surface area contributed by atoms with Crippen LogP contribution in [-0.2, 0) is 14.3 Å². The molecule has 2 amide bonds. The Labute approximate surface area is 199 Å². The average Bonchev–Trinajstić information content (AvgIpc) is 3.75. The first-order valence-electron chi connectivity index (χ1n) is 12.1. The molecule has 2 unspecified atom stereocenters. The SMILES string of the molecule is CC(C(=O)O)N(C(=O)CC(NC(=O)OCC1c2ccccc2-c2ccccc21)C1CC1)C1CC1. The quantitative estimate of drug-likeness (QED) is 0.583. The van der Waals surface area contributed by atoms with E-state index in [0.29, 0.717) is 0 Å². The van der Waals surface area contributed by atoms with Crippen molar-refractivity contribution in [2.75, 3.05) is 6.61 Å². The summed E-state index contributed by atoms with van der Waals surface area (Å²) >= 11 is 0. The topological polar surface area (TPSA) is 95.9 Å². The molecule has 2 fully saturated rings. The number of hydrogen-bond acceptors (Lipinski definition) is 4. The van der Waals surface area contributed by atoms with E-state index in [0.717, 1.165) is 36.8 Å². The zero-order chi connectivity index (χ0) is 23.8. The minimum atomic E-state index is -1.01. The van der Waals surface area contributed by atoms with Gasteiger partial charge in [-0.2, -0.15) is 0 Å². The van der Waals surface area contributed by atoms with Gasteiger partial charge < -0.3 is 20.1 Å². The minimum absolute atomic E-state index is 0.00657.